The van der Waals surface area contributed by atoms with Gasteiger partial charge in [0.2, 0.25) is 5.91 Å². The molecule has 1 unspecified atom stereocenters. The fourth-order valence-electron chi connectivity index (χ4n) is 1.49. The van der Waals surface area contributed by atoms with Crippen LogP contribution < -0.4 is 11.1 Å². The first kappa shape index (κ1) is 15.0. The number of anilines is 1. The summed E-state index contributed by atoms with van der Waals surface area (Å²) in [7, 11) is 0. The van der Waals surface area contributed by atoms with Crippen molar-refractivity contribution in [2.24, 2.45) is 11.7 Å². The molecule has 1 aromatic rings. The molecular formula is C12H14BrFN2OS. The van der Waals surface area contributed by atoms with Crippen LogP contribution in [0.3, 0.4) is 0 Å². The normalized spacial score (nSPS) is 11.9. The van der Waals surface area contributed by atoms with Crippen LogP contribution in [0.2, 0.25) is 0 Å². The number of hydrogen-bond donors (Lipinski definition) is 2. The highest BCUT2D eigenvalue weighted by Crippen LogP contribution is 2.20. The first-order chi connectivity index (χ1) is 8.45. The number of benzene rings is 1. The number of rotatable bonds is 5. The molecule has 0 saturated carbocycles. The van der Waals surface area contributed by atoms with E-state index in [1.165, 1.54) is 12.1 Å². The molecule has 0 fully saturated rings. The molecule has 1 amide bonds. The monoisotopic (exact) mass is 332 g/mol. The summed E-state index contributed by atoms with van der Waals surface area (Å²) in [5.41, 5.74) is 5.91. The van der Waals surface area contributed by atoms with Crippen LogP contribution in [0.25, 0.3) is 0 Å². The fourth-order valence-corrected chi connectivity index (χ4v) is 1.97. The van der Waals surface area contributed by atoms with Crippen LogP contribution in [-0.2, 0) is 4.79 Å². The minimum atomic E-state index is -0.517. The smallest absolute Gasteiger partial charge is 0.234 e. The van der Waals surface area contributed by atoms with E-state index in [2.05, 4.69) is 21.2 Å². The van der Waals surface area contributed by atoms with Gasteiger partial charge in [0.25, 0.3) is 0 Å². The number of carbonyl (C=O) groups excluding carboxylic acids is 1. The molecule has 1 aromatic carbocycles. The van der Waals surface area contributed by atoms with E-state index in [0.717, 1.165) is 6.42 Å². The Kier molecular flexibility index (Phi) is 5.68. The molecule has 6 heteroatoms. The van der Waals surface area contributed by atoms with Gasteiger partial charge in [-0.15, -0.1) is 0 Å². The van der Waals surface area contributed by atoms with Crippen molar-refractivity contribution in [3.63, 3.8) is 0 Å². The fraction of sp³-hybridized carbons (Fsp3) is 0.333. The number of carbonyl (C=O) groups is 1. The Morgan fingerprint density at radius 1 is 1.61 bits per heavy atom. The Morgan fingerprint density at radius 3 is 2.78 bits per heavy atom. The third-order valence-corrected chi connectivity index (χ3v) is 3.35. The quantitative estimate of drug-likeness (QED) is 0.814. The molecule has 1 atom stereocenters. The highest BCUT2D eigenvalue weighted by molar-refractivity contribution is 9.10. The van der Waals surface area contributed by atoms with Gasteiger partial charge >= 0.3 is 0 Å². The van der Waals surface area contributed by atoms with Crippen molar-refractivity contribution < 1.29 is 9.18 Å². The number of thiocarbonyl (C=S) groups is 1. The zero-order valence-electron chi connectivity index (χ0n) is 9.87. The summed E-state index contributed by atoms with van der Waals surface area (Å²) in [5, 5.41) is 2.61. The molecule has 0 aliphatic carbocycles. The van der Waals surface area contributed by atoms with Crippen LogP contribution in [0, 0.1) is 11.7 Å². The van der Waals surface area contributed by atoms with Gasteiger partial charge in [-0.2, -0.15) is 0 Å². The van der Waals surface area contributed by atoms with Gasteiger partial charge in [-0.05, 0) is 40.5 Å². The molecule has 0 radical (unpaired) electrons. The SMILES string of the molecule is CCCC(C(=O)Nc1ccc(Br)c(F)c1)C(N)=S. The summed E-state index contributed by atoms with van der Waals surface area (Å²) in [6, 6.07) is 4.37. The van der Waals surface area contributed by atoms with Gasteiger partial charge in [0, 0.05) is 5.69 Å². The Morgan fingerprint density at radius 2 is 2.28 bits per heavy atom. The van der Waals surface area contributed by atoms with E-state index in [4.69, 9.17) is 18.0 Å². The van der Waals surface area contributed by atoms with Crippen LogP contribution in [0.15, 0.2) is 22.7 Å². The van der Waals surface area contributed by atoms with E-state index in [1.807, 2.05) is 6.92 Å². The molecule has 0 spiro atoms. The van der Waals surface area contributed by atoms with E-state index in [0.29, 0.717) is 16.6 Å². The van der Waals surface area contributed by atoms with Crippen LogP contribution in [0.1, 0.15) is 19.8 Å². The molecule has 0 saturated heterocycles. The van der Waals surface area contributed by atoms with E-state index in [9.17, 15) is 9.18 Å². The lowest BCUT2D eigenvalue weighted by Crippen LogP contribution is -2.33. The van der Waals surface area contributed by atoms with Crippen molar-refractivity contribution in [3.05, 3.63) is 28.5 Å². The molecular weight excluding hydrogens is 319 g/mol. The standard InChI is InChI=1S/C12H14BrFN2OS/c1-2-3-8(11(15)18)12(17)16-7-4-5-9(13)10(14)6-7/h4-6,8H,2-3H2,1H3,(H2,15,18)(H,16,17). The van der Waals surface area contributed by atoms with Crippen LogP contribution in [0.5, 0.6) is 0 Å². The van der Waals surface area contributed by atoms with Gasteiger partial charge in [0.15, 0.2) is 0 Å². The lowest BCUT2D eigenvalue weighted by molar-refractivity contribution is -0.118. The minimum Gasteiger partial charge on any atom is -0.393 e. The number of amides is 1. The van der Waals surface area contributed by atoms with Crippen LogP contribution in [-0.4, -0.2) is 10.9 Å². The predicted molar refractivity (Wildman–Crippen MR) is 77.9 cm³/mol. The van der Waals surface area contributed by atoms with Crippen molar-refractivity contribution in [1.29, 1.82) is 0 Å². The number of hydrogen-bond acceptors (Lipinski definition) is 2. The van der Waals surface area contributed by atoms with Crippen LogP contribution >= 0.6 is 28.1 Å². The van der Waals surface area contributed by atoms with Gasteiger partial charge in [-0.25, -0.2) is 4.39 Å². The van der Waals surface area contributed by atoms with E-state index >= 15 is 0 Å². The zero-order valence-corrected chi connectivity index (χ0v) is 12.3. The van der Waals surface area contributed by atoms with Gasteiger partial charge in [-0.3, -0.25) is 4.79 Å². The maximum Gasteiger partial charge on any atom is 0.234 e. The van der Waals surface area contributed by atoms with Crippen molar-refractivity contribution in [3.8, 4) is 0 Å². The first-order valence-electron chi connectivity index (χ1n) is 5.51. The molecule has 3 N–H and O–H groups in total. The minimum absolute atomic E-state index is 0.159. The summed E-state index contributed by atoms with van der Waals surface area (Å²) >= 11 is 7.90. The van der Waals surface area contributed by atoms with E-state index < -0.39 is 11.7 Å². The molecule has 0 heterocycles. The molecule has 0 bridgehead atoms. The average Bonchev–Trinajstić information content (AvgIpc) is 2.30. The van der Waals surface area contributed by atoms with Crippen molar-refractivity contribution in [1.82, 2.24) is 0 Å². The van der Waals surface area contributed by atoms with Gasteiger partial charge < -0.3 is 11.1 Å². The second-order valence-electron chi connectivity index (χ2n) is 3.86. The second-order valence-corrected chi connectivity index (χ2v) is 5.19. The number of nitrogens with one attached hydrogen (secondary N) is 1. The summed E-state index contributed by atoms with van der Waals surface area (Å²) < 4.78 is 13.6. The first-order valence-corrected chi connectivity index (χ1v) is 6.71. The van der Waals surface area contributed by atoms with E-state index in [-0.39, 0.29) is 10.9 Å². The topological polar surface area (TPSA) is 55.1 Å². The number of halogens is 2. The Labute approximate surface area is 119 Å². The highest BCUT2D eigenvalue weighted by Gasteiger charge is 2.20. The Hall–Kier alpha value is -1.01. The summed E-state index contributed by atoms with van der Waals surface area (Å²) in [6.07, 6.45) is 1.38. The lowest BCUT2D eigenvalue weighted by atomic mass is 10.0. The van der Waals surface area contributed by atoms with Crippen molar-refractivity contribution in [2.75, 3.05) is 5.32 Å². The van der Waals surface area contributed by atoms with E-state index in [1.54, 1.807) is 6.07 Å². The average molecular weight is 333 g/mol. The molecule has 3 nitrogen and oxygen atoms in total. The van der Waals surface area contributed by atoms with Crippen molar-refractivity contribution in [2.45, 2.75) is 19.8 Å². The van der Waals surface area contributed by atoms with Crippen LogP contribution in [0.4, 0.5) is 10.1 Å². The molecule has 0 aliphatic heterocycles. The summed E-state index contributed by atoms with van der Waals surface area (Å²) in [4.78, 5) is 12.1. The third kappa shape index (κ3) is 4.03. The van der Waals surface area contributed by atoms with Gasteiger partial charge in [0.1, 0.15) is 5.82 Å². The second kappa shape index (κ2) is 6.80. The van der Waals surface area contributed by atoms with Gasteiger partial charge in [-0.1, -0.05) is 25.6 Å². The lowest BCUT2D eigenvalue weighted by Gasteiger charge is -2.14. The predicted octanol–water partition coefficient (Wildman–Crippen LogP) is 3.23. The molecule has 0 aliphatic rings. The molecule has 18 heavy (non-hydrogen) atoms. The highest BCUT2D eigenvalue weighted by atomic mass is 79.9. The summed E-state index contributed by atoms with van der Waals surface area (Å²) in [6.45, 7) is 1.94. The molecule has 1 rings (SSSR count). The molecule has 0 aromatic heterocycles. The van der Waals surface area contributed by atoms with Crippen molar-refractivity contribution >= 4 is 44.7 Å². The molecule has 98 valence electrons. The summed E-state index contributed by atoms with van der Waals surface area (Å²) in [5.74, 6) is -1.25. The van der Waals surface area contributed by atoms with Gasteiger partial charge in [0.05, 0.1) is 15.4 Å². The maximum absolute atomic E-state index is 13.3. The number of nitrogens with two attached hydrogens (primary N) is 1. The largest absolute Gasteiger partial charge is 0.393 e. The third-order valence-electron chi connectivity index (χ3n) is 2.42. The maximum atomic E-state index is 13.3. The zero-order chi connectivity index (χ0) is 13.7. The Balaban J connectivity index is 2.79. The Bertz CT molecular complexity index is 467.